The van der Waals surface area contributed by atoms with Gasteiger partial charge in [-0.25, -0.2) is 4.39 Å². The minimum Gasteiger partial charge on any atom is -0.207 e. The number of rotatable bonds is 3. The molecule has 84 valence electrons. The lowest BCUT2D eigenvalue weighted by Crippen LogP contribution is -1.93. The molecule has 0 N–H and O–H groups in total. The van der Waals surface area contributed by atoms with Crippen LogP contribution in [0.1, 0.15) is 15.3 Å². The fourth-order valence-electron chi connectivity index (χ4n) is 1.45. The van der Waals surface area contributed by atoms with Crippen LogP contribution < -0.4 is 0 Å². The van der Waals surface area contributed by atoms with Gasteiger partial charge in [0.05, 0.1) is 4.83 Å². The van der Waals surface area contributed by atoms with E-state index in [1.165, 1.54) is 17.0 Å². The molecule has 0 saturated heterocycles. The van der Waals surface area contributed by atoms with E-state index in [9.17, 15) is 4.39 Å². The highest BCUT2D eigenvalue weighted by atomic mass is 79.9. The van der Waals surface area contributed by atoms with E-state index in [1.807, 2.05) is 18.2 Å². The molecule has 0 fully saturated rings. The van der Waals surface area contributed by atoms with E-state index in [1.54, 1.807) is 11.3 Å². The van der Waals surface area contributed by atoms with Gasteiger partial charge < -0.3 is 0 Å². The first-order valence-electron chi connectivity index (χ1n) is 4.78. The predicted octanol–water partition coefficient (Wildman–Crippen LogP) is 5.33. The molecule has 0 aliphatic rings. The number of alkyl halides is 1. The van der Waals surface area contributed by atoms with Crippen LogP contribution in [0.15, 0.2) is 40.2 Å². The molecule has 4 heteroatoms. The normalized spacial score (nSPS) is 12.7. The topological polar surface area (TPSA) is 0 Å². The Morgan fingerprint density at radius 1 is 1.19 bits per heavy atom. The first-order valence-corrected chi connectivity index (χ1v) is 7.37. The van der Waals surface area contributed by atoms with Crippen molar-refractivity contribution in [1.29, 1.82) is 0 Å². The quantitative estimate of drug-likeness (QED) is 0.646. The molecular weight excluding hydrogens is 355 g/mol. The molecule has 0 amide bonds. The summed E-state index contributed by atoms with van der Waals surface area (Å²) < 4.78 is 13.9. The molecule has 1 heterocycles. The fraction of sp³-hybridized carbons (Fsp3) is 0.167. The first-order chi connectivity index (χ1) is 7.66. The monoisotopic (exact) mass is 362 g/mol. The molecule has 0 nitrogen and oxygen atoms in total. The van der Waals surface area contributed by atoms with Crippen LogP contribution in [-0.4, -0.2) is 0 Å². The van der Waals surface area contributed by atoms with Crippen molar-refractivity contribution >= 4 is 43.2 Å². The average molecular weight is 364 g/mol. The smallest absolute Gasteiger partial charge is 0.123 e. The number of hydrogen-bond acceptors (Lipinski definition) is 1. The van der Waals surface area contributed by atoms with Crippen molar-refractivity contribution in [2.45, 2.75) is 11.2 Å². The summed E-state index contributed by atoms with van der Waals surface area (Å²) in [5.74, 6) is -0.188. The summed E-state index contributed by atoms with van der Waals surface area (Å²) in [6, 6.07) is 8.69. The van der Waals surface area contributed by atoms with Gasteiger partial charge in [-0.05, 0) is 51.5 Å². The Kier molecular flexibility index (Phi) is 4.16. The standard InChI is InChI=1S/C12H9Br2FS/c13-10-5-6-16-12(10)11(14)7-8-1-3-9(15)4-2-8/h1-6,11H,7H2. The minimum atomic E-state index is -0.188. The van der Waals surface area contributed by atoms with E-state index in [-0.39, 0.29) is 10.6 Å². The van der Waals surface area contributed by atoms with Crippen molar-refractivity contribution in [2.24, 2.45) is 0 Å². The summed E-state index contributed by atoms with van der Waals surface area (Å²) in [6.07, 6.45) is 0.861. The Hall–Kier alpha value is -0.190. The Balaban J connectivity index is 2.10. The molecule has 0 radical (unpaired) electrons. The van der Waals surface area contributed by atoms with E-state index < -0.39 is 0 Å². The molecule has 0 bridgehead atoms. The van der Waals surface area contributed by atoms with Crippen LogP contribution in [-0.2, 0) is 6.42 Å². The molecule has 1 aromatic carbocycles. The molecule has 1 atom stereocenters. The predicted molar refractivity (Wildman–Crippen MR) is 73.8 cm³/mol. The lowest BCUT2D eigenvalue weighted by atomic mass is 10.1. The summed E-state index contributed by atoms with van der Waals surface area (Å²) in [4.78, 5) is 1.54. The van der Waals surface area contributed by atoms with Crippen LogP contribution >= 0.6 is 43.2 Å². The van der Waals surface area contributed by atoms with Crippen molar-refractivity contribution in [3.05, 3.63) is 56.4 Å². The Morgan fingerprint density at radius 2 is 1.88 bits per heavy atom. The van der Waals surface area contributed by atoms with Crippen molar-refractivity contribution in [1.82, 2.24) is 0 Å². The van der Waals surface area contributed by atoms with Crippen LogP contribution in [0.5, 0.6) is 0 Å². The van der Waals surface area contributed by atoms with Gasteiger partial charge in [0.15, 0.2) is 0 Å². The Bertz CT molecular complexity index is 464. The van der Waals surface area contributed by atoms with E-state index in [0.717, 1.165) is 16.5 Å². The molecule has 0 saturated carbocycles. The van der Waals surface area contributed by atoms with E-state index in [0.29, 0.717) is 0 Å². The third kappa shape index (κ3) is 2.93. The highest BCUT2D eigenvalue weighted by molar-refractivity contribution is 9.11. The molecule has 2 rings (SSSR count). The first kappa shape index (κ1) is 12.3. The lowest BCUT2D eigenvalue weighted by molar-refractivity contribution is 0.627. The molecule has 2 aromatic rings. The summed E-state index contributed by atoms with van der Waals surface area (Å²) in [6.45, 7) is 0. The SMILES string of the molecule is Fc1ccc(CC(Br)c2sccc2Br)cc1. The van der Waals surface area contributed by atoms with E-state index >= 15 is 0 Å². The maximum atomic E-state index is 12.7. The maximum Gasteiger partial charge on any atom is 0.123 e. The second kappa shape index (κ2) is 5.43. The highest BCUT2D eigenvalue weighted by Gasteiger charge is 2.13. The molecule has 0 aliphatic carbocycles. The van der Waals surface area contributed by atoms with Gasteiger partial charge in [0.25, 0.3) is 0 Å². The molecule has 1 unspecified atom stereocenters. The summed E-state index contributed by atoms with van der Waals surface area (Å²) in [5, 5.41) is 2.05. The molecule has 1 aromatic heterocycles. The van der Waals surface area contributed by atoms with Gasteiger partial charge in [-0.1, -0.05) is 28.1 Å². The third-order valence-electron chi connectivity index (χ3n) is 2.26. The van der Waals surface area contributed by atoms with Gasteiger partial charge >= 0.3 is 0 Å². The highest BCUT2D eigenvalue weighted by Crippen LogP contribution is 2.36. The van der Waals surface area contributed by atoms with Crippen LogP contribution in [0.3, 0.4) is 0 Å². The van der Waals surface area contributed by atoms with Gasteiger partial charge in [0, 0.05) is 9.35 Å². The molecule has 0 spiro atoms. The second-order valence-electron chi connectivity index (χ2n) is 3.43. The Labute approximate surface area is 115 Å². The largest absolute Gasteiger partial charge is 0.207 e. The van der Waals surface area contributed by atoms with Crippen molar-refractivity contribution in [3.8, 4) is 0 Å². The number of hydrogen-bond donors (Lipinski definition) is 0. The summed E-state index contributed by atoms with van der Waals surface area (Å²) in [5.41, 5.74) is 1.13. The number of benzene rings is 1. The third-order valence-corrected chi connectivity index (χ3v) is 5.33. The fourth-order valence-corrected chi connectivity index (χ4v) is 4.33. The second-order valence-corrected chi connectivity index (χ2v) is 6.34. The van der Waals surface area contributed by atoms with Gasteiger partial charge in [-0.15, -0.1) is 11.3 Å². The minimum absolute atomic E-state index is 0.188. The van der Waals surface area contributed by atoms with E-state index in [2.05, 4.69) is 37.2 Å². The van der Waals surface area contributed by atoms with Crippen LogP contribution in [0.4, 0.5) is 4.39 Å². The van der Waals surface area contributed by atoms with Gasteiger partial charge in [-0.3, -0.25) is 0 Å². The zero-order valence-electron chi connectivity index (χ0n) is 8.29. The van der Waals surface area contributed by atoms with Crippen molar-refractivity contribution in [3.63, 3.8) is 0 Å². The number of thiophene rings is 1. The number of halogens is 3. The Morgan fingerprint density at radius 3 is 2.44 bits per heavy atom. The lowest BCUT2D eigenvalue weighted by Gasteiger charge is -2.08. The van der Waals surface area contributed by atoms with Crippen LogP contribution in [0.2, 0.25) is 0 Å². The zero-order chi connectivity index (χ0) is 11.5. The zero-order valence-corrected chi connectivity index (χ0v) is 12.3. The molecule has 0 aliphatic heterocycles. The summed E-state index contributed by atoms with van der Waals surface area (Å²) >= 11 is 8.88. The summed E-state index contributed by atoms with van der Waals surface area (Å²) in [7, 11) is 0. The van der Waals surface area contributed by atoms with Crippen LogP contribution in [0, 0.1) is 5.82 Å². The maximum absolute atomic E-state index is 12.7. The van der Waals surface area contributed by atoms with Gasteiger partial charge in [-0.2, -0.15) is 0 Å². The molecular formula is C12H9Br2FS. The van der Waals surface area contributed by atoms with Crippen LogP contribution in [0.25, 0.3) is 0 Å². The van der Waals surface area contributed by atoms with Gasteiger partial charge in [0.2, 0.25) is 0 Å². The average Bonchev–Trinajstić information content (AvgIpc) is 2.68. The van der Waals surface area contributed by atoms with Crippen molar-refractivity contribution in [2.75, 3.05) is 0 Å². The molecule has 16 heavy (non-hydrogen) atoms. The van der Waals surface area contributed by atoms with Crippen molar-refractivity contribution < 1.29 is 4.39 Å². The van der Waals surface area contributed by atoms with E-state index in [4.69, 9.17) is 0 Å². The van der Waals surface area contributed by atoms with Gasteiger partial charge in [0.1, 0.15) is 5.82 Å².